The van der Waals surface area contributed by atoms with Gasteiger partial charge in [-0.3, -0.25) is 4.90 Å². The normalized spacial score (nSPS) is 12.8. The summed E-state index contributed by atoms with van der Waals surface area (Å²) in [5.41, 5.74) is 1.32. The van der Waals surface area contributed by atoms with Crippen LogP contribution in [0.4, 0.5) is 0 Å². The molecular formula is C22H30N4S. The molecule has 0 radical (unpaired) electrons. The van der Waals surface area contributed by atoms with Crippen LogP contribution in [0.15, 0.2) is 47.6 Å². The average molecular weight is 383 g/mol. The molecule has 0 saturated carbocycles. The minimum atomic E-state index is 0.310. The molecule has 1 heterocycles. The molecule has 0 bridgehead atoms. The van der Waals surface area contributed by atoms with Crippen molar-refractivity contribution in [3.63, 3.8) is 0 Å². The van der Waals surface area contributed by atoms with Gasteiger partial charge in [0, 0.05) is 12.3 Å². The number of benzene rings is 2. The first-order valence-electron chi connectivity index (χ1n) is 9.84. The third kappa shape index (κ3) is 4.71. The fourth-order valence-corrected chi connectivity index (χ4v) is 4.35. The second-order valence-corrected chi connectivity index (χ2v) is 8.15. The smallest absolute Gasteiger partial charge is 0.191 e. The fraction of sp³-hybridized carbons (Fsp3) is 0.455. The molecule has 5 heteroatoms. The zero-order valence-corrected chi connectivity index (χ0v) is 17.7. The third-order valence-electron chi connectivity index (χ3n) is 4.97. The van der Waals surface area contributed by atoms with Crippen molar-refractivity contribution in [1.29, 1.82) is 0 Å². The van der Waals surface area contributed by atoms with Crippen LogP contribution in [0.1, 0.15) is 50.5 Å². The highest BCUT2D eigenvalue weighted by Gasteiger charge is 2.21. The van der Waals surface area contributed by atoms with Crippen molar-refractivity contribution in [2.45, 2.75) is 56.6 Å². The van der Waals surface area contributed by atoms with Crippen molar-refractivity contribution in [3.8, 4) is 0 Å². The third-order valence-corrected chi connectivity index (χ3v) is 6.01. The maximum absolute atomic E-state index is 4.57. The summed E-state index contributed by atoms with van der Waals surface area (Å²) in [5, 5.41) is 12.7. The monoisotopic (exact) mass is 382 g/mol. The SMILES string of the molecule is CCCCn1c(SCc2ccc3ccccc3c2)nnc1C(CC)N(C)C. The molecule has 0 saturated heterocycles. The first kappa shape index (κ1) is 19.9. The molecule has 4 nitrogen and oxygen atoms in total. The predicted molar refractivity (Wildman–Crippen MR) is 115 cm³/mol. The topological polar surface area (TPSA) is 34.0 Å². The Morgan fingerprint density at radius 2 is 1.81 bits per heavy atom. The molecule has 2 aromatic carbocycles. The van der Waals surface area contributed by atoms with E-state index in [9.17, 15) is 0 Å². The minimum absolute atomic E-state index is 0.310. The highest BCUT2D eigenvalue weighted by atomic mass is 32.2. The summed E-state index contributed by atoms with van der Waals surface area (Å²) in [5.74, 6) is 2.00. The van der Waals surface area contributed by atoms with Crippen LogP contribution in [-0.2, 0) is 12.3 Å². The Labute approximate surface area is 167 Å². The number of nitrogens with zero attached hydrogens (tertiary/aromatic N) is 4. The largest absolute Gasteiger partial charge is 0.305 e. The van der Waals surface area contributed by atoms with E-state index in [-0.39, 0.29) is 0 Å². The summed E-state index contributed by atoms with van der Waals surface area (Å²) in [4.78, 5) is 2.24. The van der Waals surface area contributed by atoms with Crippen LogP contribution < -0.4 is 0 Å². The van der Waals surface area contributed by atoms with Gasteiger partial charge in [0.15, 0.2) is 11.0 Å². The van der Waals surface area contributed by atoms with Crippen molar-refractivity contribution in [3.05, 3.63) is 53.9 Å². The number of rotatable bonds is 9. The van der Waals surface area contributed by atoms with Crippen LogP contribution in [-0.4, -0.2) is 33.8 Å². The standard InChI is InChI=1S/C22H30N4S/c1-5-7-14-26-21(20(6-2)25(3)4)23-24-22(26)27-16-17-12-13-18-10-8-9-11-19(18)15-17/h8-13,15,20H,5-7,14,16H2,1-4H3. The van der Waals surface area contributed by atoms with Gasteiger partial charge in [-0.25, -0.2) is 0 Å². The zero-order valence-electron chi connectivity index (χ0n) is 16.9. The summed E-state index contributed by atoms with van der Waals surface area (Å²) in [6.07, 6.45) is 3.36. The van der Waals surface area contributed by atoms with Gasteiger partial charge in [-0.15, -0.1) is 10.2 Å². The van der Waals surface area contributed by atoms with Gasteiger partial charge in [-0.2, -0.15) is 0 Å². The quantitative estimate of drug-likeness (QED) is 0.455. The molecule has 0 aliphatic carbocycles. The van der Waals surface area contributed by atoms with E-state index in [1.807, 2.05) is 0 Å². The first-order valence-corrected chi connectivity index (χ1v) is 10.8. The van der Waals surface area contributed by atoms with Crippen molar-refractivity contribution < 1.29 is 0 Å². The molecule has 1 atom stereocenters. The van der Waals surface area contributed by atoms with E-state index in [1.54, 1.807) is 11.8 Å². The lowest BCUT2D eigenvalue weighted by Crippen LogP contribution is -2.23. The second-order valence-electron chi connectivity index (χ2n) is 7.20. The van der Waals surface area contributed by atoms with Crippen molar-refractivity contribution in [2.24, 2.45) is 0 Å². The Balaban J connectivity index is 1.81. The van der Waals surface area contributed by atoms with E-state index < -0.39 is 0 Å². The van der Waals surface area contributed by atoms with Crippen LogP contribution in [0.3, 0.4) is 0 Å². The molecule has 3 aromatic rings. The van der Waals surface area contributed by atoms with Crippen molar-refractivity contribution in [2.75, 3.05) is 14.1 Å². The number of thioether (sulfide) groups is 1. The molecular weight excluding hydrogens is 352 g/mol. The number of fused-ring (bicyclic) bond motifs is 1. The Morgan fingerprint density at radius 3 is 2.52 bits per heavy atom. The van der Waals surface area contributed by atoms with E-state index in [1.165, 1.54) is 22.8 Å². The van der Waals surface area contributed by atoms with Gasteiger partial charge < -0.3 is 4.57 Å². The fourth-order valence-electron chi connectivity index (χ4n) is 3.43. The van der Waals surface area contributed by atoms with Crippen molar-refractivity contribution in [1.82, 2.24) is 19.7 Å². The number of hydrogen-bond donors (Lipinski definition) is 0. The highest BCUT2D eigenvalue weighted by Crippen LogP contribution is 2.28. The summed E-state index contributed by atoms with van der Waals surface area (Å²) in [6, 6.07) is 15.5. The average Bonchev–Trinajstić information content (AvgIpc) is 3.07. The number of unbranched alkanes of at least 4 members (excludes halogenated alkanes) is 1. The summed E-state index contributed by atoms with van der Waals surface area (Å²) >= 11 is 1.79. The Kier molecular flexibility index (Phi) is 6.91. The Morgan fingerprint density at radius 1 is 1.04 bits per heavy atom. The zero-order chi connectivity index (χ0) is 19.2. The maximum Gasteiger partial charge on any atom is 0.191 e. The molecule has 0 aliphatic heterocycles. The van der Waals surface area contributed by atoms with E-state index in [4.69, 9.17) is 0 Å². The van der Waals surface area contributed by atoms with Crippen LogP contribution in [0.25, 0.3) is 10.8 Å². The van der Waals surface area contributed by atoms with E-state index >= 15 is 0 Å². The molecule has 27 heavy (non-hydrogen) atoms. The van der Waals surface area contributed by atoms with Crippen LogP contribution in [0, 0.1) is 0 Å². The van der Waals surface area contributed by atoms with Gasteiger partial charge in [0.1, 0.15) is 0 Å². The predicted octanol–water partition coefficient (Wildman–Crippen LogP) is 5.54. The van der Waals surface area contributed by atoms with E-state index in [2.05, 4.69) is 90.1 Å². The second kappa shape index (κ2) is 9.38. The lowest BCUT2D eigenvalue weighted by molar-refractivity contribution is 0.270. The van der Waals surface area contributed by atoms with Crippen LogP contribution >= 0.6 is 11.8 Å². The first-order chi connectivity index (χ1) is 13.1. The molecule has 1 unspecified atom stereocenters. The highest BCUT2D eigenvalue weighted by molar-refractivity contribution is 7.98. The number of aromatic nitrogens is 3. The van der Waals surface area contributed by atoms with Crippen LogP contribution in [0.2, 0.25) is 0 Å². The van der Waals surface area contributed by atoms with Crippen LogP contribution in [0.5, 0.6) is 0 Å². The number of hydrogen-bond acceptors (Lipinski definition) is 4. The molecule has 3 rings (SSSR count). The molecule has 0 N–H and O–H groups in total. The van der Waals surface area contributed by atoms with Gasteiger partial charge in [-0.1, -0.05) is 74.5 Å². The molecule has 144 valence electrons. The van der Waals surface area contributed by atoms with Gasteiger partial charge in [0.25, 0.3) is 0 Å². The molecule has 1 aromatic heterocycles. The van der Waals surface area contributed by atoms with Gasteiger partial charge in [0.2, 0.25) is 0 Å². The lowest BCUT2D eigenvalue weighted by Gasteiger charge is -2.23. The summed E-state index contributed by atoms with van der Waals surface area (Å²) < 4.78 is 2.34. The van der Waals surface area contributed by atoms with Gasteiger partial charge in [-0.05, 0) is 43.3 Å². The minimum Gasteiger partial charge on any atom is -0.305 e. The lowest BCUT2D eigenvalue weighted by atomic mass is 10.1. The Bertz CT molecular complexity index is 872. The molecule has 0 spiro atoms. The molecule has 0 amide bonds. The molecule has 0 aliphatic rings. The summed E-state index contributed by atoms with van der Waals surface area (Å²) in [6.45, 7) is 5.43. The maximum atomic E-state index is 4.57. The van der Waals surface area contributed by atoms with E-state index in [0.717, 1.165) is 36.1 Å². The van der Waals surface area contributed by atoms with Gasteiger partial charge in [0.05, 0.1) is 6.04 Å². The Hall–Kier alpha value is -1.85. The van der Waals surface area contributed by atoms with E-state index in [0.29, 0.717) is 6.04 Å². The summed E-state index contributed by atoms with van der Waals surface area (Å²) in [7, 11) is 4.24. The van der Waals surface area contributed by atoms with Gasteiger partial charge >= 0.3 is 0 Å². The molecule has 0 fully saturated rings. The van der Waals surface area contributed by atoms with Crippen molar-refractivity contribution >= 4 is 22.5 Å².